The van der Waals surface area contributed by atoms with Gasteiger partial charge in [0.15, 0.2) is 0 Å². The minimum Gasteiger partial charge on any atom is -0.478 e. The molecule has 4 N–H and O–H groups in total. The molecule has 0 aliphatic carbocycles. The zero-order chi connectivity index (χ0) is 19.8. The monoisotopic (exact) mass is 370 g/mol. The summed E-state index contributed by atoms with van der Waals surface area (Å²) in [5.74, 6) is -2.15. The smallest absolute Gasteiger partial charge is 0.335 e. The van der Waals surface area contributed by atoms with Gasteiger partial charge in [0.25, 0.3) is 0 Å². The molecule has 1 heterocycles. The highest BCUT2D eigenvalue weighted by atomic mass is 16.5. The van der Waals surface area contributed by atoms with Gasteiger partial charge in [-0.15, -0.1) is 0 Å². The number of carbonyl (C=O) groups excluding carboxylic acids is 1. The number of carbonyl (C=O) groups is 3. The number of rotatable bonds is 5. The topological polar surface area (TPSA) is 141 Å². The zero-order valence-corrected chi connectivity index (χ0v) is 14.6. The Kier molecular flexibility index (Phi) is 13.5. The fourth-order valence-corrected chi connectivity index (χ4v) is 1.79. The van der Waals surface area contributed by atoms with Gasteiger partial charge in [0.1, 0.15) is 0 Å². The number of aliphatic hydroxyl groups is 2. The number of carboxylic acids is 2. The summed E-state index contributed by atoms with van der Waals surface area (Å²) in [7, 11) is 0. The summed E-state index contributed by atoms with van der Waals surface area (Å²) in [6.07, 6.45) is 5.27. The summed E-state index contributed by atoms with van der Waals surface area (Å²) in [6, 6.07) is 5.02. The Balaban J connectivity index is 0.000000388. The van der Waals surface area contributed by atoms with Crippen LogP contribution in [0.4, 0.5) is 0 Å². The molecule has 0 spiro atoms. The van der Waals surface area contributed by atoms with Crippen LogP contribution in [0, 0.1) is 0 Å². The molecule has 0 aromatic heterocycles. The maximum Gasteiger partial charge on any atom is 0.335 e. The Morgan fingerprint density at radius 1 is 0.846 bits per heavy atom. The van der Waals surface area contributed by atoms with E-state index in [1.165, 1.54) is 24.3 Å². The average molecular weight is 370 g/mol. The molecular formula is C18H26O8. The van der Waals surface area contributed by atoms with Crippen LogP contribution in [0.2, 0.25) is 0 Å². The molecule has 1 aromatic carbocycles. The van der Waals surface area contributed by atoms with Gasteiger partial charge in [-0.1, -0.05) is 0 Å². The third-order valence-electron chi connectivity index (χ3n) is 3.23. The van der Waals surface area contributed by atoms with E-state index >= 15 is 0 Å². The predicted molar refractivity (Wildman–Crippen MR) is 93.2 cm³/mol. The molecule has 0 unspecified atom stereocenters. The van der Waals surface area contributed by atoms with Crippen LogP contribution in [0.1, 0.15) is 59.2 Å². The van der Waals surface area contributed by atoms with Crippen molar-refractivity contribution in [2.75, 3.05) is 19.8 Å². The van der Waals surface area contributed by atoms with Crippen LogP contribution in [0.3, 0.4) is 0 Å². The van der Waals surface area contributed by atoms with E-state index in [9.17, 15) is 14.4 Å². The Hall–Kier alpha value is -2.45. The van der Waals surface area contributed by atoms with Gasteiger partial charge in [-0.3, -0.25) is 4.79 Å². The standard InChI is InChI=1S/C8H6O4.C6H10O2.C4H10O2/c9-7(10)5-1-2-6(4-3-5)8(11)12;7-6-4-2-1-3-5-8-6;5-3-1-2-4-6/h1-4H,(H,9,10)(H,11,12);1-5H2;5-6H,1-4H2. The third kappa shape index (κ3) is 12.0. The second kappa shape index (κ2) is 14.9. The molecule has 8 nitrogen and oxygen atoms in total. The van der Waals surface area contributed by atoms with E-state index in [2.05, 4.69) is 0 Å². The second-order valence-corrected chi connectivity index (χ2v) is 5.37. The van der Waals surface area contributed by atoms with Crippen molar-refractivity contribution in [3.8, 4) is 0 Å². The summed E-state index contributed by atoms with van der Waals surface area (Å²) in [6.45, 7) is 1.03. The van der Waals surface area contributed by atoms with Gasteiger partial charge in [-0.05, 0) is 56.4 Å². The summed E-state index contributed by atoms with van der Waals surface area (Å²) >= 11 is 0. The number of hydrogen-bond donors (Lipinski definition) is 4. The number of benzene rings is 1. The van der Waals surface area contributed by atoms with Crippen LogP contribution in [0.5, 0.6) is 0 Å². The summed E-state index contributed by atoms with van der Waals surface area (Å²) in [5.41, 5.74) is 0.167. The lowest BCUT2D eigenvalue weighted by Crippen LogP contribution is -2.00. The minimum atomic E-state index is -1.06. The fourth-order valence-electron chi connectivity index (χ4n) is 1.79. The first-order chi connectivity index (χ1) is 12.4. The largest absolute Gasteiger partial charge is 0.478 e. The van der Waals surface area contributed by atoms with Gasteiger partial charge in [-0.25, -0.2) is 9.59 Å². The summed E-state index contributed by atoms with van der Waals surface area (Å²) in [4.78, 5) is 31.1. The number of cyclic esters (lactones) is 1. The fraction of sp³-hybridized carbons (Fsp3) is 0.500. The highest BCUT2D eigenvalue weighted by molar-refractivity contribution is 5.91. The molecule has 0 bridgehead atoms. The van der Waals surface area contributed by atoms with Gasteiger partial charge in [0.05, 0.1) is 17.7 Å². The molecule has 0 saturated carbocycles. The van der Waals surface area contributed by atoms with E-state index in [1.807, 2.05) is 0 Å². The van der Waals surface area contributed by atoms with E-state index in [1.54, 1.807) is 0 Å². The summed E-state index contributed by atoms with van der Waals surface area (Å²) in [5, 5.41) is 33.1. The number of hydrogen-bond acceptors (Lipinski definition) is 6. The molecule has 1 fully saturated rings. The number of carboxylic acid groups (broad SMARTS) is 2. The van der Waals surface area contributed by atoms with Gasteiger partial charge < -0.3 is 25.2 Å². The van der Waals surface area contributed by atoms with Crippen molar-refractivity contribution < 1.29 is 39.5 Å². The third-order valence-corrected chi connectivity index (χ3v) is 3.23. The molecule has 1 saturated heterocycles. The molecule has 146 valence electrons. The second-order valence-electron chi connectivity index (χ2n) is 5.37. The molecule has 0 amide bonds. The highest BCUT2D eigenvalue weighted by Crippen LogP contribution is 2.06. The Morgan fingerprint density at radius 2 is 1.31 bits per heavy atom. The zero-order valence-electron chi connectivity index (χ0n) is 14.6. The number of esters is 1. The highest BCUT2D eigenvalue weighted by Gasteiger charge is 2.06. The first-order valence-electron chi connectivity index (χ1n) is 8.36. The van der Waals surface area contributed by atoms with Crippen LogP contribution in [-0.4, -0.2) is 58.2 Å². The van der Waals surface area contributed by atoms with Crippen molar-refractivity contribution in [3.63, 3.8) is 0 Å². The van der Waals surface area contributed by atoms with Crippen molar-refractivity contribution in [3.05, 3.63) is 35.4 Å². The first kappa shape index (κ1) is 23.5. The van der Waals surface area contributed by atoms with Crippen molar-refractivity contribution >= 4 is 17.9 Å². The summed E-state index contributed by atoms with van der Waals surface area (Å²) < 4.78 is 4.76. The molecule has 1 aromatic rings. The number of ether oxygens (including phenoxy) is 1. The molecule has 2 rings (SSSR count). The lowest BCUT2D eigenvalue weighted by molar-refractivity contribution is -0.142. The Morgan fingerprint density at radius 3 is 1.69 bits per heavy atom. The number of unbranched alkanes of at least 4 members (excludes halogenated alkanes) is 1. The van der Waals surface area contributed by atoms with E-state index in [4.69, 9.17) is 25.2 Å². The maximum absolute atomic E-state index is 10.5. The Bertz CT molecular complexity index is 492. The minimum absolute atomic E-state index is 0.0255. The molecule has 0 radical (unpaired) electrons. The maximum atomic E-state index is 10.5. The SMILES string of the molecule is O=C(O)c1ccc(C(=O)O)cc1.O=C1CCCCCO1.OCCCCO. The van der Waals surface area contributed by atoms with Crippen LogP contribution in [0.15, 0.2) is 24.3 Å². The molecule has 1 aliphatic heterocycles. The number of aromatic carboxylic acids is 2. The molecule has 1 aliphatic rings. The van der Waals surface area contributed by atoms with Crippen molar-refractivity contribution in [1.29, 1.82) is 0 Å². The van der Waals surface area contributed by atoms with Crippen LogP contribution in [-0.2, 0) is 9.53 Å². The first-order valence-corrected chi connectivity index (χ1v) is 8.36. The normalized spacial score (nSPS) is 13.1. The quantitative estimate of drug-likeness (QED) is 0.455. The van der Waals surface area contributed by atoms with E-state index in [0.717, 1.165) is 32.1 Å². The predicted octanol–water partition coefficient (Wildman–Crippen LogP) is 1.94. The van der Waals surface area contributed by atoms with E-state index in [0.29, 0.717) is 13.0 Å². The van der Waals surface area contributed by atoms with Crippen LogP contribution >= 0.6 is 0 Å². The van der Waals surface area contributed by atoms with E-state index < -0.39 is 11.9 Å². The number of aliphatic hydroxyl groups excluding tert-OH is 2. The van der Waals surface area contributed by atoms with Gasteiger partial charge in [0.2, 0.25) is 0 Å². The van der Waals surface area contributed by atoms with Gasteiger partial charge in [0, 0.05) is 19.6 Å². The molecule has 0 atom stereocenters. The Labute approximate surface area is 152 Å². The van der Waals surface area contributed by atoms with Crippen LogP contribution in [0.25, 0.3) is 0 Å². The molecular weight excluding hydrogens is 344 g/mol. The van der Waals surface area contributed by atoms with Crippen molar-refractivity contribution in [2.24, 2.45) is 0 Å². The molecule has 8 heteroatoms. The van der Waals surface area contributed by atoms with E-state index in [-0.39, 0.29) is 30.3 Å². The lowest BCUT2D eigenvalue weighted by atomic mass is 10.1. The average Bonchev–Trinajstić information content (AvgIpc) is 2.88. The molecule has 26 heavy (non-hydrogen) atoms. The van der Waals surface area contributed by atoms with Crippen LogP contribution < -0.4 is 0 Å². The lowest BCUT2D eigenvalue weighted by Gasteiger charge is -1.94. The van der Waals surface area contributed by atoms with Crippen molar-refractivity contribution in [1.82, 2.24) is 0 Å². The van der Waals surface area contributed by atoms with Gasteiger partial charge >= 0.3 is 17.9 Å². The van der Waals surface area contributed by atoms with Crippen molar-refractivity contribution in [2.45, 2.75) is 38.5 Å². The van der Waals surface area contributed by atoms with Gasteiger partial charge in [-0.2, -0.15) is 0 Å².